The second-order valence-corrected chi connectivity index (χ2v) is 6.09. The highest BCUT2D eigenvalue weighted by Crippen LogP contribution is 2.29. The molecular weight excluding hydrogens is 242 g/mol. The van der Waals surface area contributed by atoms with E-state index in [1.807, 2.05) is 0 Å². The average Bonchev–Trinajstić information content (AvgIpc) is 2.99. The summed E-state index contributed by atoms with van der Waals surface area (Å²) in [6.45, 7) is 0. The third kappa shape index (κ3) is 4.22. The molecule has 2 rings (SSSR count). The first-order chi connectivity index (χ1) is 9.16. The number of aliphatic carboxylic acids is 1. The van der Waals surface area contributed by atoms with Gasteiger partial charge in [-0.25, -0.2) is 0 Å². The molecule has 2 atom stereocenters. The van der Waals surface area contributed by atoms with Crippen LogP contribution in [0.1, 0.15) is 64.2 Å². The molecule has 2 aliphatic carbocycles. The first-order valence-electron chi connectivity index (χ1n) is 7.69. The molecule has 108 valence electrons. The van der Waals surface area contributed by atoms with Gasteiger partial charge in [-0.1, -0.05) is 32.1 Å². The number of amides is 1. The molecule has 2 saturated carbocycles. The fraction of sp³-hybridized carbons (Fsp3) is 0.867. The fourth-order valence-electron chi connectivity index (χ4n) is 3.56. The molecule has 0 bridgehead atoms. The summed E-state index contributed by atoms with van der Waals surface area (Å²) < 4.78 is 0. The van der Waals surface area contributed by atoms with E-state index >= 15 is 0 Å². The first kappa shape index (κ1) is 14.4. The normalized spacial score (nSPS) is 27.6. The van der Waals surface area contributed by atoms with Crippen LogP contribution in [0.15, 0.2) is 0 Å². The van der Waals surface area contributed by atoms with Crippen molar-refractivity contribution in [3.05, 3.63) is 0 Å². The minimum atomic E-state index is -0.770. The fourth-order valence-corrected chi connectivity index (χ4v) is 3.56. The lowest BCUT2D eigenvalue weighted by molar-refractivity contribution is -0.142. The van der Waals surface area contributed by atoms with Gasteiger partial charge in [-0.15, -0.1) is 0 Å². The summed E-state index contributed by atoms with van der Waals surface area (Å²) in [5, 5.41) is 12.0. The van der Waals surface area contributed by atoms with Crippen LogP contribution in [-0.2, 0) is 9.59 Å². The minimum Gasteiger partial charge on any atom is -0.481 e. The number of carbonyl (C=O) groups is 2. The summed E-state index contributed by atoms with van der Waals surface area (Å²) in [5.74, 6) is -0.283. The standard InChI is InChI=1S/C15H25NO3/c17-14(10-3-7-11-5-1-2-6-11)16-13-9-4-8-12(13)15(18)19/h11-13H,1-10H2,(H,16,17)(H,18,19)/t12-,13+/m1/s1. The van der Waals surface area contributed by atoms with Gasteiger partial charge in [0.25, 0.3) is 0 Å². The zero-order chi connectivity index (χ0) is 13.7. The number of carbonyl (C=O) groups excluding carboxylic acids is 1. The Balaban J connectivity index is 1.64. The van der Waals surface area contributed by atoms with Gasteiger partial charge in [0.05, 0.1) is 5.92 Å². The van der Waals surface area contributed by atoms with Crippen LogP contribution in [0.5, 0.6) is 0 Å². The van der Waals surface area contributed by atoms with Crippen molar-refractivity contribution in [2.75, 3.05) is 0 Å². The molecule has 2 aliphatic rings. The molecule has 0 aromatic rings. The number of nitrogens with one attached hydrogen (secondary N) is 1. The Hall–Kier alpha value is -1.06. The minimum absolute atomic E-state index is 0.0381. The van der Waals surface area contributed by atoms with Crippen molar-refractivity contribution in [1.29, 1.82) is 0 Å². The highest BCUT2D eigenvalue weighted by atomic mass is 16.4. The molecule has 0 saturated heterocycles. The van der Waals surface area contributed by atoms with Gasteiger partial charge in [0.1, 0.15) is 0 Å². The van der Waals surface area contributed by atoms with E-state index in [0.717, 1.165) is 31.6 Å². The molecule has 2 fully saturated rings. The maximum Gasteiger partial charge on any atom is 0.308 e. The van der Waals surface area contributed by atoms with Crippen molar-refractivity contribution in [2.24, 2.45) is 11.8 Å². The van der Waals surface area contributed by atoms with Crippen molar-refractivity contribution in [2.45, 2.75) is 70.3 Å². The van der Waals surface area contributed by atoms with Crippen molar-refractivity contribution in [1.82, 2.24) is 5.32 Å². The average molecular weight is 267 g/mol. The van der Waals surface area contributed by atoms with Crippen molar-refractivity contribution in [3.63, 3.8) is 0 Å². The van der Waals surface area contributed by atoms with E-state index in [0.29, 0.717) is 12.8 Å². The van der Waals surface area contributed by atoms with Crippen LogP contribution in [0.3, 0.4) is 0 Å². The molecule has 0 heterocycles. The van der Waals surface area contributed by atoms with E-state index < -0.39 is 5.97 Å². The summed E-state index contributed by atoms with van der Waals surface area (Å²) in [6, 6.07) is -0.142. The van der Waals surface area contributed by atoms with Crippen LogP contribution in [0.25, 0.3) is 0 Å². The maximum atomic E-state index is 11.8. The van der Waals surface area contributed by atoms with Crippen LogP contribution >= 0.6 is 0 Å². The highest BCUT2D eigenvalue weighted by molar-refractivity contribution is 5.78. The van der Waals surface area contributed by atoms with Gasteiger partial charge >= 0.3 is 5.97 Å². The van der Waals surface area contributed by atoms with Gasteiger partial charge in [-0.3, -0.25) is 9.59 Å². The predicted molar refractivity (Wildman–Crippen MR) is 72.7 cm³/mol. The molecule has 0 aromatic carbocycles. The third-order valence-electron chi connectivity index (χ3n) is 4.67. The first-order valence-corrected chi connectivity index (χ1v) is 7.69. The Kier molecular flexibility index (Phi) is 5.23. The van der Waals surface area contributed by atoms with E-state index in [9.17, 15) is 9.59 Å². The van der Waals surface area contributed by atoms with Crippen LogP contribution < -0.4 is 5.32 Å². The number of carboxylic acid groups (broad SMARTS) is 1. The van der Waals surface area contributed by atoms with Crippen molar-refractivity contribution in [3.8, 4) is 0 Å². The smallest absolute Gasteiger partial charge is 0.308 e. The van der Waals surface area contributed by atoms with Gasteiger partial charge in [-0.05, 0) is 31.6 Å². The Morgan fingerprint density at radius 1 is 1.05 bits per heavy atom. The molecule has 4 heteroatoms. The number of hydrogen-bond donors (Lipinski definition) is 2. The zero-order valence-electron chi connectivity index (χ0n) is 11.6. The largest absolute Gasteiger partial charge is 0.481 e. The molecule has 1 amide bonds. The van der Waals surface area contributed by atoms with E-state index in [2.05, 4.69) is 5.32 Å². The second kappa shape index (κ2) is 6.92. The molecule has 19 heavy (non-hydrogen) atoms. The second-order valence-electron chi connectivity index (χ2n) is 6.09. The topological polar surface area (TPSA) is 66.4 Å². The van der Waals surface area contributed by atoms with Gasteiger partial charge in [0.2, 0.25) is 5.91 Å². The SMILES string of the molecule is O=C(CCCC1CCCC1)N[C@H]1CCC[C@H]1C(=O)O. The van der Waals surface area contributed by atoms with Crippen molar-refractivity contribution < 1.29 is 14.7 Å². The lowest BCUT2D eigenvalue weighted by Crippen LogP contribution is -2.40. The Bertz CT molecular complexity index is 323. The number of hydrogen-bond acceptors (Lipinski definition) is 2. The maximum absolute atomic E-state index is 11.8. The van der Waals surface area contributed by atoms with E-state index in [1.54, 1.807) is 0 Å². The van der Waals surface area contributed by atoms with E-state index in [4.69, 9.17) is 5.11 Å². The number of carboxylic acids is 1. The molecule has 0 unspecified atom stereocenters. The summed E-state index contributed by atoms with van der Waals surface area (Å²) in [7, 11) is 0. The summed E-state index contributed by atoms with van der Waals surface area (Å²) >= 11 is 0. The molecular formula is C15H25NO3. The lowest BCUT2D eigenvalue weighted by atomic mass is 10.00. The summed E-state index contributed by atoms with van der Waals surface area (Å²) in [6.07, 6.45) is 10.4. The Morgan fingerprint density at radius 2 is 1.79 bits per heavy atom. The van der Waals surface area contributed by atoms with Gasteiger partial charge < -0.3 is 10.4 Å². The van der Waals surface area contributed by atoms with E-state index in [-0.39, 0.29) is 17.9 Å². The molecule has 0 aliphatic heterocycles. The third-order valence-corrected chi connectivity index (χ3v) is 4.67. The van der Waals surface area contributed by atoms with Crippen LogP contribution in [-0.4, -0.2) is 23.0 Å². The summed E-state index contributed by atoms with van der Waals surface area (Å²) in [4.78, 5) is 22.9. The Labute approximate surface area is 115 Å². The number of rotatable bonds is 6. The quantitative estimate of drug-likeness (QED) is 0.777. The molecule has 0 spiro atoms. The zero-order valence-corrected chi connectivity index (χ0v) is 11.6. The lowest BCUT2D eigenvalue weighted by Gasteiger charge is -2.17. The van der Waals surface area contributed by atoms with E-state index in [1.165, 1.54) is 25.7 Å². The van der Waals surface area contributed by atoms with Crippen molar-refractivity contribution >= 4 is 11.9 Å². The molecule has 2 N–H and O–H groups in total. The van der Waals surface area contributed by atoms with Gasteiger partial charge in [0.15, 0.2) is 0 Å². The Morgan fingerprint density at radius 3 is 2.47 bits per heavy atom. The predicted octanol–water partition coefficient (Wildman–Crippen LogP) is 2.72. The van der Waals surface area contributed by atoms with Crippen LogP contribution in [0.2, 0.25) is 0 Å². The van der Waals surface area contributed by atoms with Crippen LogP contribution in [0, 0.1) is 11.8 Å². The molecule has 0 radical (unpaired) electrons. The highest BCUT2D eigenvalue weighted by Gasteiger charge is 2.33. The molecule has 4 nitrogen and oxygen atoms in total. The van der Waals surface area contributed by atoms with Crippen LogP contribution in [0.4, 0.5) is 0 Å². The summed E-state index contributed by atoms with van der Waals surface area (Å²) in [5.41, 5.74) is 0. The monoisotopic (exact) mass is 267 g/mol. The van der Waals surface area contributed by atoms with Gasteiger partial charge in [0, 0.05) is 12.5 Å². The van der Waals surface area contributed by atoms with Gasteiger partial charge in [-0.2, -0.15) is 0 Å². The molecule has 0 aromatic heterocycles.